The number of methoxy groups -OCH3 is 3. The summed E-state index contributed by atoms with van der Waals surface area (Å²) in [7, 11) is 4.32. The Kier molecular flexibility index (Phi) is 7.12. The Labute approximate surface area is 190 Å². The summed E-state index contributed by atoms with van der Waals surface area (Å²) in [6, 6.07) is 10.6. The Morgan fingerprint density at radius 1 is 1.03 bits per heavy atom. The number of rotatable bonds is 8. The van der Waals surface area contributed by atoms with Crippen LogP contribution in [0.3, 0.4) is 0 Å². The third-order valence-electron chi connectivity index (χ3n) is 5.07. The molecule has 3 rings (SSSR count). The molecule has 0 spiro atoms. The van der Waals surface area contributed by atoms with Crippen molar-refractivity contribution in [1.29, 1.82) is 0 Å². The first kappa shape index (κ1) is 23.5. The maximum absolute atomic E-state index is 12.9. The molecule has 1 heterocycles. The van der Waals surface area contributed by atoms with Gasteiger partial charge >= 0.3 is 5.63 Å². The number of anilines is 1. The normalized spacial score (nSPS) is 11.5. The predicted molar refractivity (Wildman–Crippen MR) is 121 cm³/mol. The molecule has 0 saturated carbocycles. The molecule has 1 atom stereocenters. The van der Waals surface area contributed by atoms with Crippen LogP contribution >= 0.6 is 0 Å². The molecule has 0 saturated heterocycles. The summed E-state index contributed by atoms with van der Waals surface area (Å²) in [6.45, 7) is 1.53. The minimum atomic E-state index is -0.950. The number of amides is 1. The predicted octanol–water partition coefficient (Wildman–Crippen LogP) is 3.55. The van der Waals surface area contributed by atoms with Crippen LogP contribution in [0.2, 0.25) is 0 Å². The first-order chi connectivity index (χ1) is 15.8. The average molecular weight is 455 g/mol. The van der Waals surface area contributed by atoms with Crippen molar-refractivity contribution in [3.05, 3.63) is 69.8 Å². The van der Waals surface area contributed by atoms with Crippen molar-refractivity contribution in [2.45, 2.75) is 19.3 Å². The zero-order chi connectivity index (χ0) is 24.1. The molecule has 0 aliphatic rings. The summed E-state index contributed by atoms with van der Waals surface area (Å²) >= 11 is 0. The van der Waals surface area contributed by atoms with Gasteiger partial charge < -0.3 is 34.2 Å². The molecular formula is C24H25NO8. The number of nitrogens with one attached hydrogen (secondary N) is 1. The SMILES string of the molecule is COc1ccc(C(CC(=O)Nc2cccc(O)c2)c2c(O)cc(C)oc2=O)c(OC)c1OC. The molecule has 0 aliphatic heterocycles. The number of ether oxygens (including phenoxy) is 3. The largest absolute Gasteiger partial charge is 0.508 e. The van der Waals surface area contributed by atoms with Gasteiger partial charge in [-0.3, -0.25) is 4.79 Å². The van der Waals surface area contributed by atoms with E-state index in [1.165, 1.54) is 46.5 Å². The van der Waals surface area contributed by atoms with Gasteiger partial charge in [0.15, 0.2) is 11.5 Å². The van der Waals surface area contributed by atoms with Gasteiger partial charge in [-0.1, -0.05) is 12.1 Å². The summed E-state index contributed by atoms with van der Waals surface area (Å²) in [6.07, 6.45) is -0.247. The highest BCUT2D eigenvalue weighted by atomic mass is 16.5. The van der Waals surface area contributed by atoms with E-state index in [4.69, 9.17) is 18.6 Å². The lowest BCUT2D eigenvalue weighted by Crippen LogP contribution is -2.21. The molecular weight excluding hydrogens is 430 g/mol. The molecule has 9 heteroatoms. The lowest BCUT2D eigenvalue weighted by Gasteiger charge is -2.22. The minimum Gasteiger partial charge on any atom is -0.508 e. The van der Waals surface area contributed by atoms with Gasteiger partial charge in [-0.15, -0.1) is 0 Å². The number of benzene rings is 2. The second-order valence-corrected chi connectivity index (χ2v) is 7.22. The first-order valence-electron chi connectivity index (χ1n) is 10.00. The van der Waals surface area contributed by atoms with Crippen LogP contribution in [0.1, 0.15) is 29.2 Å². The summed E-state index contributed by atoms with van der Waals surface area (Å²) in [4.78, 5) is 25.7. The van der Waals surface area contributed by atoms with E-state index in [9.17, 15) is 19.8 Å². The lowest BCUT2D eigenvalue weighted by molar-refractivity contribution is -0.116. The first-order valence-corrected chi connectivity index (χ1v) is 10.00. The fourth-order valence-corrected chi connectivity index (χ4v) is 3.67. The van der Waals surface area contributed by atoms with Crippen LogP contribution in [0.15, 0.2) is 51.7 Å². The number of hydrogen-bond acceptors (Lipinski definition) is 8. The van der Waals surface area contributed by atoms with Crippen LogP contribution in [-0.4, -0.2) is 37.4 Å². The molecule has 0 aliphatic carbocycles. The molecule has 1 amide bonds. The van der Waals surface area contributed by atoms with E-state index in [0.717, 1.165) is 0 Å². The standard InChI is InChI=1S/C24H25NO8/c1-13-10-18(27)21(24(29)33-13)17(12-20(28)25-14-6-5-7-15(26)11-14)16-8-9-19(30-2)23(32-4)22(16)31-3/h5-11,17,26-27H,12H2,1-4H3,(H,25,28). The van der Waals surface area contributed by atoms with Crippen molar-refractivity contribution in [3.63, 3.8) is 0 Å². The Balaban J connectivity index is 2.13. The van der Waals surface area contributed by atoms with Gasteiger partial charge in [-0.2, -0.15) is 0 Å². The van der Waals surface area contributed by atoms with E-state index in [0.29, 0.717) is 17.0 Å². The smallest absolute Gasteiger partial charge is 0.343 e. The van der Waals surface area contributed by atoms with Gasteiger partial charge in [0.1, 0.15) is 17.3 Å². The Morgan fingerprint density at radius 2 is 1.76 bits per heavy atom. The number of phenols is 1. The van der Waals surface area contributed by atoms with Crippen molar-refractivity contribution in [3.8, 4) is 28.7 Å². The highest BCUT2D eigenvalue weighted by molar-refractivity contribution is 5.92. The number of carbonyl (C=O) groups is 1. The second-order valence-electron chi connectivity index (χ2n) is 7.22. The zero-order valence-electron chi connectivity index (χ0n) is 18.7. The minimum absolute atomic E-state index is 0.0114. The molecule has 2 aromatic carbocycles. The summed E-state index contributed by atoms with van der Waals surface area (Å²) < 4.78 is 21.5. The van der Waals surface area contributed by atoms with Crippen LogP contribution in [0.5, 0.6) is 28.7 Å². The molecule has 1 unspecified atom stereocenters. The fraction of sp³-hybridized carbons (Fsp3) is 0.250. The molecule has 33 heavy (non-hydrogen) atoms. The number of phenolic OH excluding ortho intramolecular Hbond substituents is 1. The maximum atomic E-state index is 12.9. The van der Waals surface area contributed by atoms with E-state index < -0.39 is 17.5 Å². The molecule has 1 aromatic heterocycles. The monoisotopic (exact) mass is 455 g/mol. The van der Waals surface area contributed by atoms with Crippen molar-refractivity contribution < 1.29 is 33.6 Å². The fourth-order valence-electron chi connectivity index (χ4n) is 3.67. The average Bonchev–Trinajstić information content (AvgIpc) is 2.76. The van der Waals surface area contributed by atoms with Crippen LogP contribution < -0.4 is 25.2 Å². The van der Waals surface area contributed by atoms with E-state index >= 15 is 0 Å². The van der Waals surface area contributed by atoms with Gasteiger partial charge in [-0.25, -0.2) is 4.79 Å². The molecule has 9 nitrogen and oxygen atoms in total. The third kappa shape index (κ3) is 5.03. The Bertz CT molecular complexity index is 1220. The highest BCUT2D eigenvalue weighted by Gasteiger charge is 2.30. The topological polar surface area (TPSA) is 127 Å². The van der Waals surface area contributed by atoms with E-state index in [1.807, 2.05) is 0 Å². The van der Waals surface area contributed by atoms with E-state index in [1.54, 1.807) is 24.3 Å². The molecule has 0 bridgehead atoms. The highest BCUT2D eigenvalue weighted by Crippen LogP contribution is 2.46. The van der Waals surface area contributed by atoms with Gasteiger partial charge in [0.25, 0.3) is 0 Å². The van der Waals surface area contributed by atoms with Gasteiger partial charge in [0, 0.05) is 35.7 Å². The van der Waals surface area contributed by atoms with Crippen molar-refractivity contribution >= 4 is 11.6 Å². The van der Waals surface area contributed by atoms with E-state index in [2.05, 4.69) is 5.32 Å². The maximum Gasteiger partial charge on any atom is 0.343 e. The molecule has 3 aromatic rings. The number of aromatic hydroxyl groups is 2. The molecule has 3 N–H and O–H groups in total. The summed E-state index contributed by atoms with van der Waals surface area (Å²) in [5, 5.41) is 23.0. The van der Waals surface area contributed by atoms with E-state index in [-0.39, 0.29) is 40.7 Å². The third-order valence-corrected chi connectivity index (χ3v) is 5.07. The van der Waals surface area contributed by atoms with Crippen LogP contribution in [-0.2, 0) is 4.79 Å². The van der Waals surface area contributed by atoms with Gasteiger partial charge in [0.2, 0.25) is 11.7 Å². The summed E-state index contributed by atoms with van der Waals surface area (Å²) in [5.74, 6) is -0.614. The Hall–Kier alpha value is -4.14. The Morgan fingerprint density at radius 3 is 2.36 bits per heavy atom. The molecule has 174 valence electrons. The second kappa shape index (κ2) is 9.99. The molecule has 0 fully saturated rings. The summed E-state index contributed by atoms with van der Waals surface area (Å²) in [5.41, 5.74) is -0.0949. The number of hydrogen-bond donors (Lipinski definition) is 3. The number of aryl methyl sites for hydroxylation is 1. The molecule has 0 radical (unpaired) electrons. The van der Waals surface area contributed by atoms with Crippen molar-refractivity contribution in [2.24, 2.45) is 0 Å². The lowest BCUT2D eigenvalue weighted by atomic mass is 9.87. The zero-order valence-corrected chi connectivity index (χ0v) is 18.7. The van der Waals surface area contributed by atoms with Crippen LogP contribution in [0, 0.1) is 6.92 Å². The van der Waals surface area contributed by atoms with Gasteiger partial charge in [0.05, 0.1) is 26.9 Å². The van der Waals surface area contributed by atoms with Crippen LogP contribution in [0.4, 0.5) is 5.69 Å². The van der Waals surface area contributed by atoms with Gasteiger partial charge in [-0.05, 0) is 25.1 Å². The van der Waals surface area contributed by atoms with Crippen LogP contribution in [0.25, 0.3) is 0 Å². The number of carbonyl (C=O) groups excluding carboxylic acids is 1. The quantitative estimate of drug-likeness (QED) is 0.471. The van der Waals surface area contributed by atoms with Crippen molar-refractivity contribution in [2.75, 3.05) is 26.6 Å². The van der Waals surface area contributed by atoms with Crippen molar-refractivity contribution in [1.82, 2.24) is 0 Å².